The summed E-state index contributed by atoms with van der Waals surface area (Å²) in [4.78, 5) is 0. The van der Waals surface area contributed by atoms with Crippen molar-refractivity contribution in [3.05, 3.63) is 29.3 Å². The van der Waals surface area contributed by atoms with Crippen LogP contribution in [0.5, 0.6) is 5.75 Å². The van der Waals surface area contributed by atoms with E-state index in [1.54, 1.807) is 7.11 Å². The van der Waals surface area contributed by atoms with Gasteiger partial charge in [-0.3, -0.25) is 0 Å². The Labute approximate surface area is 124 Å². The Kier molecular flexibility index (Phi) is 7.08. The first-order valence-electron chi connectivity index (χ1n) is 7.84. The van der Waals surface area contributed by atoms with E-state index in [0.717, 1.165) is 11.7 Å². The average Bonchev–Trinajstić information content (AvgIpc) is 2.37. The Balaban J connectivity index is 2.55. The number of rotatable bonds is 8. The monoisotopic (exact) mass is 277 g/mol. The zero-order valence-electron chi connectivity index (χ0n) is 14.0. The summed E-state index contributed by atoms with van der Waals surface area (Å²) in [7, 11) is 1.75. The second-order valence-electron chi connectivity index (χ2n) is 6.36. The molecule has 0 aliphatic rings. The number of nitrogens with one attached hydrogen (secondary N) is 1. The van der Waals surface area contributed by atoms with E-state index in [1.165, 1.54) is 30.4 Å². The van der Waals surface area contributed by atoms with Crippen molar-refractivity contribution in [1.82, 2.24) is 5.32 Å². The lowest BCUT2D eigenvalue weighted by molar-refractivity contribution is 0.387. The summed E-state index contributed by atoms with van der Waals surface area (Å²) in [6.45, 7) is 11.2. The third-order valence-corrected chi connectivity index (χ3v) is 3.81. The topological polar surface area (TPSA) is 21.3 Å². The van der Waals surface area contributed by atoms with E-state index in [2.05, 4.69) is 58.1 Å². The highest BCUT2D eigenvalue weighted by Gasteiger charge is 2.13. The van der Waals surface area contributed by atoms with Crippen molar-refractivity contribution < 1.29 is 4.74 Å². The van der Waals surface area contributed by atoms with Crippen molar-refractivity contribution in [2.24, 2.45) is 5.92 Å². The summed E-state index contributed by atoms with van der Waals surface area (Å²) in [5, 5.41) is 3.68. The lowest BCUT2D eigenvalue weighted by atomic mass is 10.0. The number of ether oxygens (including phenoxy) is 1. The molecular weight excluding hydrogens is 246 g/mol. The number of benzene rings is 1. The van der Waals surface area contributed by atoms with E-state index in [1.807, 2.05) is 0 Å². The minimum atomic E-state index is 0.319. The van der Waals surface area contributed by atoms with Gasteiger partial charge >= 0.3 is 0 Å². The van der Waals surface area contributed by atoms with Gasteiger partial charge in [0.15, 0.2) is 0 Å². The fourth-order valence-corrected chi connectivity index (χ4v) is 2.61. The normalized spacial score (nSPS) is 14.3. The molecule has 0 aliphatic carbocycles. The summed E-state index contributed by atoms with van der Waals surface area (Å²) in [6, 6.07) is 7.29. The van der Waals surface area contributed by atoms with Crippen LogP contribution >= 0.6 is 0 Å². The third-order valence-electron chi connectivity index (χ3n) is 3.81. The van der Waals surface area contributed by atoms with Gasteiger partial charge in [-0.2, -0.15) is 0 Å². The fourth-order valence-electron chi connectivity index (χ4n) is 2.61. The molecule has 114 valence electrons. The van der Waals surface area contributed by atoms with Crippen LogP contribution in [0, 0.1) is 12.8 Å². The van der Waals surface area contributed by atoms with E-state index in [-0.39, 0.29) is 0 Å². The molecule has 0 heterocycles. The molecule has 0 saturated heterocycles. The SMILES string of the molecule is COc1cc(C)ccc1C(C)NC(C)CCCC(C)C. The lowest BCUT2D eigenvalue weighted by Crippen LogP contribution is -2.29. The van der Waals surface area contributed by atoms with Crippen LogP contribution in [-0.2, 0) is 0 Å². The van der Waals surface area contributed by atoms with Crippen molar-refractivity contribution >= 4 is 0 Å². The molecule has 1 rings (SSSR count). The minimum absolute atomic E-state index is 0.319. The van der Waals surface area contributed by atoms with E-state index in [4.69, 9.17) is 4.74 Å². The van der Waals surface area contributed by atoms with Gasteiger partial charge in [-0.1, -0.05) is 38.8 Å². The molecule has 2 heteroatoms. The molecule has 20 heavy (non-hydrogen) atoms. The molecule has 1 aromatic rings. The van der Waals surface area contributed by atoms with Crippen LogP contribution in [0.4, 0.5) is 0 Å². The highest BCUT2D eigenvalue weighted by molar-refractivity contribution is 5.39. The molecule has 0 radical (unpaired) electrons. The maximum atomic E-state index is 5.50. The first kappa shape index (κ1) is 17.0. The maximum absolute atomic E-state index is 5.50. The largest absolute Gasteiger partial charge is 0.496 e. The molecule has 0 spiro atoms. The fraction of sp³-hybridized carbons (Fsp3) is 0.667. The molecule has 1 N–H and O–H groups in total. The summed E-state index contributed by atoms with van der Waals surface area (Å²) in [5.41, 5.74) is 2.48. The van der Waals surface area contributed by atoms with Crippen molar-refractivity contribution in [1.29, 1.82) is 0 Å². The minimum Gasteiger partial charge on any atom is -0.496 e. The molecule has 0 amide bonds. The Bertz CT molecular complexity index is 400. The molecule has 2 nitrogen and oxygen atoms in total. The molecule has 0 saturated carbocycles. The summed E-state index contributed by atoms with van der Waals surface area (Å²) >= 11 is 0. The number of aryl methyl sites for hydroxylation is 1. The van der Waals surface area contributed by atoms with Crippen molar-refractivity contribution in [2.45, 2.75) is 66.0 Å². The quantitative estimate of drug-likeness (QED) is 0.732. The number of hydrogen-bond donors (Lipinski definition) is 1. The Morgan fingerprint density at radius 2 is 1.80 bits per heavy atom. The summed E-state index contributed by atoms with van der Waals surface area (Å²) < 4.78 is 5.50. The van der Waals surface area contributed by atoms with Crippen LogP contribution < -0.4 is 10.1 Å². The zero-order chi connectivity index (χ0) is 15.1. The molecule has 2 unspecified atom stereocenters. The maximum Gasteiger partial charge on any atom is 0.123 e. The van der Waals surface area contributed by atoms with Crippen molar-refractivity contribution in [3.63, 3.8) is 0 Å². The van der Waals surface area contributed by atoms with Crippen LogP contribution in [0.15, 0.2) is 18.2 Å². The van der Waals surface area contributed by atoms with Gasteiger partial charge in [0.2, 0.25) is 0 Å². The number of hydrogen-bond acceptors (Lipinski definition) is 2. The zero-order valence-corrected chi connectivity index (χ0v) is 14.0. The predicted molar refractivity (Wildman–Crippen MR) is 87.4 cm³/mol. The highest BCUT2D eigenvalue weighted by atomic mass is 16.5. The number of methoxy groups -OCH3 is 1. The first-order chi connectivity index (χ1) is 9.43. The van der Waals surface area contributed by atoms with Gasteiger partial charge < -0.3 is 10.1 Å². The average molecular weight is 277 g/mol. The smallest absolute Gasteiger partial charge is 0.123 e. The summed E-state index contributed by atoms with van der Waals surface area (Å²) in [5.74, 6) is 1.79. The molecule has 0 bridgehead atoms. The third kappa shape index (κ3) is 5.54. The van der Waals surface area contributed by atoms with Crippen LogP contribution in [0.1, 0.15) is 64.1 Å². The van der Waals surface area contributed by atoms with Crippen molar-refractivity contribution in [2.75, 3.05) is 7.11 Å². The Hall–Kier alpha value is -1.02. The van der Waals surface area contributed by atoms with Crippen molar-refractivity contribution in [3.8, 4) is 5.75 Å². The van der Waals surface area contributed by atoms with Gasteiger partial charge in [-0.25, -0.2) is 0 Å². The molecule has 2 atom stereocenters. The molecule has 0 fully saturated rings. The molecule has 1 aromatic carbocycles. The first-order valence-corrected chi connectivity index (χ1v) is 7.84. The second-order valence-corrected chi connectivity index (χ2v) is 6.36. The van der Waals surface area contributed by atoms with Crippen LogP contribution in [-0.4, -0.2) is 13.2 Å². The Morgan fingerprint density at radius 3 is 2.40 bits per heavy atom. The van der Waals surface area contributed by atoms with Crippen LogP contribution in [0.25, 0.3) is 0 Å². The summed E-state index contributed by atoms with van der Waals surface area (Å²) in [6.07, 6.45) is 3.84. The van der Waals surface area contributed by atoms with Gasteiger partial charge in [0.25, 0.3) is 0 Å². The molecular formula is C18H31NO. The molecule has 0 aromatic heterocycles. The van der Waals surface area contributed by atoms with Gasteiger partial charge in [0.1, 0.15) is 5.75 Å². The highest BCUT2D eigenvalue weighted by Crippen LogP contribution is 2.26. The van der Waals surface area contributed by atoms with Crippen LogP contribution in [0.2, 0.25) is 0 Å². The van der Waals surface area contributed by atoms with E-state index < -0.39 is 0 Å². The van der Waals surface area contributed by atoms with E-state index in [9.17, 15) is 0 Å². The second kappa shape index (κ2) is 8.31. The van der Waals surface area contributed by atoms with Crippen LogP contribution in [0.3, 0.4) is 0 Å². The van der Waals surface area contributed by atoms with Gasteiger partial charge in [0.05, 0.1) is 7.11 Å². The predicted octanol–water partition coefficient (Wildman–Crippen LogP) is 4.87. The van der Waals surface area contributed by atoms with Gasteiger partial charge in [-0.05, 0) is 44.7 Å². The molecule has 0 aliphatic heterocycles. The van der Waals surface area contributed by atoms with E-state index >= 15 is 0 Å². The van der Waals surface area contributed by atoms with Gasteiger partial charge in [0, 0.05) is 17.6 Å². The van der Waals surface area contributed by atoms with Gasteiger partial charge in [-0.15, -0.1) is 0 Å². The standard InChI is InChI=1S/C18H31NO/c1-13(2)8-7-9-15(4)19-16(5)17-11-10-14(3)12-18(17)20-6/h10-13,15-16,19H,7-9H2,1-6H3. The Morgan fingerprint density at radius 1 is 1.10 bits per heavy atom. The van der Waals surface area contributed by atoms with E-state index in [0.29, 0.717) is 12.1 Å². The lowest BCUT2D eigenvalue weighted by Gasteiger charge is -2.22.